The summed E-state index contributed by atoms with van der Waals surface area (Å²) in [5.74, 6) is 3.11. The number of anilines is 1. The van der Waals surface area contributed by atoms with Crippen LogP contribution < -0.4 is 4.90 Å². The number of likely N-dealkylation sites (tertiary alicyclic amines) is 2. The van der Waals surface area contributed by atoms with Crippen LogP contribution in [0.15, 0.2) is 78.1 Å². The number of aryl methyl sites for hydroxylation is 4. The summed E-state index contributed by atoms with van der Waals surface area (Å²) < 4.78 is 27.0. The molecule has 61 heavy (non-hydrogen) atoms. The number of rotatable bonds is 10. The normalized spacial score (nSPS) is 20.3. The molecule has 2 unspecified atom stereocenters. The number of fused-ring (bicyclic) bond motifs is 4. The molecule has 7 heterocycles. The van der Waals surface area contributed by atoms with Gasteiger partial charge in [0.25, 0.3) is 0 Å². The number of carbonyl (C=O) groups is 1. The van der Waals surface area contributed by atoms with E-state index in [4.69, 9.17) is 24.2 Å². The predicted molar refractivity (Wildman–Crippen MR) is 240 cm³/mol. The Morgan fingerprint density at radius 3 is 1.93 bits per heavy atom. The van der Waals surface area contributed by atoms with Crippen molar-refractivity contribution in [1.29, 1.82) is 0 Å². The summed E-state index contributed by atoms with van der Waals surface area (Å²) >= 11 is 1.67. The molecule has 2 aromatic carbocycles. The molecule has 3 aromatic heterocycles. The minimum Gasteiger partial charge on any atom is -0.443 e. The second kappa shape index (κ2) is 17.8. The van der Waals surface area contributed by atoms with Crippen molar-refractivity contribution in [2.75, 3.05) is 57.5 Å². The molecule has 0 radical (unpaired) electrons. The maximum Gasteiger partial charge on any atom is 0.416 e. The van der Waals surface area contributed by atoms with Crippen molar-refractivity contribution in [1.82, 2.24) is 33.5 Å². The molecule has 2 fully saturated rings. The lowest BCUT2D eigenvalue weighted by atomic mass is 10.00. The smallest absolute Gasteiger partial charge is 0.416 e. The molecular weight excluding hydrogens is 785 g/mol. The summed E-state index contributed by atoms with van der Waals surface area (Å²) in [6.45, 7) is 11.7. The highest BCUT2D eigenvalue weighted by atomic mass is 32.2. The Balaban J connectivity index is 1.06. The van der Waals surface area contributed by atoms with E-state index in [1.807, 2.05) is 45.0 Å². The van der Waals surface area contributed by atoms with E-state index in [0.29, 0.717) is 18.8 Å². The maximum atomic E-state index is 14.7. The topological polar surface area (TPSA) is 95.0 Å². The van der Waals surface area contributed by atoms with E-state index in [9.17, 15) is 4.79 Å². The number of piperidine rings is 2. The van der Waals surface area contributed by atoms with E-state index in [2.05, 4.69) is 98.4 Å². The number of benzene rings is 2. The molecule has 1 amide bonds. The molecule has 0 saturated carbocycles. The van der Waals surface area contributed by atoms with Crippen LogP contribution in [0.5, 0.6) is 0 Å². The Bertz CT molecular complexity index is 2310. The summed E-state index contributed by atoms with van der Waals surface area (Å²) in [6.07, 6.45) is 9.13. The number of aromatic nitrogens is 5. The van der Waals surface area contributed by atoms with Crippen molar-refractivity contribution in [3.63, 3.8) is 0 Å². The van der Waals surface area contributed by atoms with Gasteiger partial charge in [-0.1, -0.05) is 48.5 Å². The van der Waals surface area contributed by atoms with Gasteiger partial charge in [0.15, 0.2) is 0 Å². The van der Waals surface area contributed by atoms with Gasteiger partial charge in [-0.2, -0.15) is 0 Å². The van der Waals surface area contributed by atoms with E-state index in [1.165, 1.54) is 16.7 Å². The van der Waals surface area contributed by atoms with Crippen LogP contribution in [-0.4, -0.2) is 110 Å². The lowest BCUT2D eigenvalue weighted by Crippen LogP contribution is -2.40. The molecule has 0 aliphatic carbocycles. The van der Waals surface area contributed by atoms with E-state index in [0.717, 1.165) is 111 Å². The van der Waals surface area contributed by atoms with Gasteiger partial charge >= 0.3 is 6.09 Å². The van der Waals surface area contributed by atoms with Gasteiger partial charge < -0.3 is 37.7 Å². The van der Waals surface area contributed by atoms with Crippen molar-refractivity contribution in [2.45, 2.75) is 107 Å². The monoisotopic (exact) mass is 846 g/mol. The van der Waals surface area contributed by atoms with Gasteiger partial charge in [-0.3, -0.25) is 4.90 Å². The Kier molecular flexibility index (Phi) is 12.2. The van der Waals surface area contributed by atoms with Crippen LogP contribution in [0.4, 0.5) is 10.6 Å². The van der Waals surface area contributed by atoms with Crippen LogP contribution in [0.2, 0.25) is 0 Å². The molecule has 9 rings (SSSR count). The summed E-state index contributed by atoms with van der Waals surface area (Å²) in [5.41, 5.74) is 5.91. The highest BCUT2D eigenvalue weighted by Crippen LogP contribution is 2.42. The van der Waals surface area contributed by atoms with E-state index < -0.39 is 11.7 Å². The summed E-state index contributed by atoms with van der Waals surface area (Å²) in [7, 11) is 6.39. The Morgan fingerprint density at radius 2 is 1.34 bits per heavy atom. The van der Waals surface area contributed by atoms with Gasteiger partial charge in [-0.05, 0) is 108 Å². The molecule has 0 N–H and O–H groups in total. The van der Waals surface area contributed by atoms with E-state index in [1.54, 1.807) is 11.8 Å². The molecule has 2 atom stereocenters. The van der Waals surface area contributed by atoms with Gasteiger partial charge in [0.1, 0.15) is 46.0 Å². The van der Waals surface area contributed by atoms with Crippen molar-refractivity contribution in [2.24, 2.45) is 7.05 Å². The van der Waals surface area contributed by atoms with Gasteiger partial charge in [-0.25, -0.2) is 14.8 Å². The quantitative estimate of drug-likeness (QED) is 0.129. The molecule has 324 valence electrons. The zero-order valence-electron chi connectivity index (χ0n) is 36.8. The average molecular weight is 847 g/mol. The fraction of sp³-hybridized carbons (Fsp3) is 0.521. The molecule has 4 aliphatic heterocycles. The number of hydrogen-bond acceptors (Lipinski definition) is 9. The average Bonchev–Trinajstić information content (AvgIpc) is 3.91. The maximum absolute atomic E-state index is 14.7. The highest BCUT2D eigenvalue weighted by molar-refractivity contribution is 7.99. The zero-order valence-corrected chi connectivity index (χ0v) is 37.6. The molecule has 4 aliphatic rings. The van der Waals surface area contributed by atoms with Crippen LogP contribution in [0.1, 0.15) is 92.6 Å². The SMILES string of the molecule is CN1CCC(OC2c3ccccc3CCn3cc(SCCN(C(=O)OC(C)(C)C)c4c(-c5cccn5C)nc5n4CCc4ccccc4C5OC4CCN(C)CC4)nc32)CC1. The summed E-state index contributed by atoms with van der Waals surface area (Å²) in [5, 5.41) is 0.923. The number of ether oxygens (including phenoxy) is 3. The standard InChI is InChI=1S/C48H62N8O4S/c1-48(2,3)60-47(57)56(30-31-61-40-32-54-28-17-33-12-7-9-14-37(33)42(44(54)49-40)58-35-19-24-51(4)25-20-35)46-41(39-16-11-23-53(39)6)50-45-43(59-36-21-26-52(5)27-22-36)38-15-10-8-13-34(38)18-29-55(45)46/h7-16,23,32,35-36,42-43H,17-22,24-31H2,1-6H3. The Morgan fingerprint density at radius 1 is 0.754 bits per heavy atom. The largest absolute Gasteiger partial charge is 0.443 e. The van der Waals surface area contributed by atoms with Crippen molar-refractivity contribution < 1.29 is 19.0 Å². The predicted octanol–water partition coefficient (Wildman–Crippen LogP) is 8.13. The second-order valence-electron chi connectivity index (χ2n) is 18.3. The number of nitrogens with zero attached hydrogens (tertiary/aromatic N) is 8. The van der Waals surface area contributed by atoms with Crippen LogP contribution in [-0.2, 0) is 47.2 Å². The van der Waals surface area contributed by atoms with E-state index in [-0.39, 0.29) is 24.4 Å². The van der Waals surface area contributed by atoms with Crippen LogP contribution in [0, 0.1) is 0 Å². The van der Waals surface area contributed by atoms with Gasteiger partial charge in [0.05, 0.1) is 17.9 Å². The van der Waals surface area contributed by atoms with Gasteiger partial charge in [-0.15, -0.1) is 11.8 Å². The first-order chi connectivity index (χ1) is 29.5. The first kappa shape index (κ1) is 41.9. The first-order valence-electron chi connectivity index (χ1n) is 22.2. The highest BCUT2D eigenvalue weighted by Gasteiger charge is 2.38. The molecule has 0 bridgehead atoms. The fourth-order valence-corrected chi connectivity index (χ4v) is 10.3. The van der Waals surface area contributed by atoms with E-state index >= 15 is 0 Å². The third kappa shape index (κ3) is 9.08. The summed E-state index contributed by atoms with van der Waals surface area (Å²) in [4.78, 5) is 32.0. The number of carbonyl (C=O) groups excluding carboxylic acids is 1. The lowest BCUT2D eigenvalue weighted by Gasteiger charge is -2.32. The number of imidazole rings is 2. The number of amides is 1. The molecule has 13 heteroatoms. The van der Waals surface area contributed by atoms with Crippen LogP contribution in [0.3, 0.4) is 0 Å². The minimum atomic E-state index is -0.703. The van der Waals surface area contributed by atoms with Gasteiger partial charge in [0.2, 0.25) is 0 Å². The zero-order chi connectivity index (χ0) is 42.3. The Hall–Kier alpha value is -4.40. The molecule has 2 saturated heterocycles. The van der Waals surface area contributed by atoms with Gasteiger partial charge in [0, 0.05) is 71.0 Å². The number of thioether (sulfide) groups is 1. The fourth-order valence-electron chi connectivity index (χ4n) is 9.42. The lowest BCUT2D eigenvalue weighted by molar-refractivity contribution is -0.0277. The first-order valence-corrected chi connectivity index (χ1v) is 23.2. The van der Waals surface area contributed by atoms with Crippen molar-refractivity contribution in [3.05, 3.63) is 107 Å². The van der Waals surface area contributed by atoms with Crippen molar-refractivity contribution >= 4 is 23.7 Å². The van der Waals surface area contributed by atoms with Crippen LogP contribution in [0.25, 0.3) is 11.4 Å². The third-order valence-corrected chi connectivity index (χ3v) is 13.6. The van der Waals surface area contributed by atoms with Crippen LogP contribution >= 0.6 is 11.8 Å². The minimum absolute atomic E-state index is 0.102. The summed E-state index contributed by atoms with van der Waals surface area (Å²) in [6, 6.07) is 21.4. The number of hydrogen-bond donors (Lipinski definition) is 0. The molecule has 12 nitrogen and oxygen atoms in total. The third-order valence-electron chi connectivity index (χ3n) is 12.7. The second-order valence-corrected chi connectivity index (χ2v) is 19.5. The molecule has 0 spiro atoms. The molecular formula is C48H62N8O4S. The Labute approximate surface area is 365 Å². The van der Waals surface area contributed by atoms with Crippen molar-refractivity contribution in [3.8, 4) is 11.4 Å². The molecule has 5 aromatic rings.